The molecule has 1 aromatic heterocycles. The highest BCUT2D eigenvalue weighted by Gasteiger charge is 2.21. The predicted octanol–water partition coefficient (Wildman–Crippen LogP) is 4.10. The molecular weight excluding hydrogens is 393 g/mol. The Morgan fingerprint density at radius 1 is 1.04 bits per heavy atom. The van der Waals surface area contributed by atoms with E-state index < -0.39 is 0 Å². The van der Waals surface area contributed by atoms with Crippen LogP contribution >= 0.6 is 46.8 Å². The maximum Gasteiger partial charge on any atom is 0.166 e. The van der Waals surface area contributed by atoms with E-state index in [-0.39, 0.29) is 0 Å². The summed E-state index contributed by atoms with van der Waals surface area (Å²) in [6, 6.07) is 14.3. The van der Waals surface area contributed by atoms with E-state index in [1.807, 2.05) is 18.2 Å². The number of anilines is 1. The SMILES string of the molecule is S=c1sc2ccccc2n1C[NH+]1CCN(c2ccc(Cl)c(Cl)c2)CC1. The van der Waals surface area contributed by atoms with E-state index in [0.29, 0.717) is 10.0 Å². The number of thiazole rings is 1. The Bertz CT molecular complexity index is 958. The fourth-order valence-corrected chi connectivity index (χ4v) is 4.92. The smallest absolute Gasteiger partial charge is 0.166 e. The van der Waals surface area contributed by atoms with Crippen LogP contribution in [0.15, 0.2) is 42.5 Å². The molecule has 1 fully saturated rings. The highest BCUT2D eigenvalue weighted by molar-refractivity contribution is 7.73. The summed E-state index contributed by atoms with van der Waals surface area (Å²) in [7, 11) is 0. The van der Waals surface area contributed by atoms with Crippen molar-refractivity contribution in [3.63, 3.8) is 0 Å². The van der Waals surface area contributed by atoms with Gasteiger partial charge in [-0.2, -0.15) is 0 Å². The van der Waals surface area contributed by atoms with Gasteiger partial charge in [0.25, 0.3) is 0 Å². The molecule has 1 N–H and O–H groups in total. The van der Waals surface area contributed by atoms with Gasteiger partial charge in [-0.3, -0.25) is 4.57 Å². The standard InChI is InChI=1S/C18H17Cl2N3S2/c19-14-6-5-13(11-15(14)20)22-9-7-21(8-10-22)12-23-16-3-1-2-4-17(16)25-18(23)24/h1-6,11H,7-10,12H2/p+1. The summed E-state index contributed by atoms with van der Waals surface area (Å²) in [5.74, 6) is 0. The molecule has 0 radical (unpaired) electrons. The summed E-state index contributed by atoms with van der Waals surface area (Å²) in [5.41, 5.74) is 2.39. The molecule has 0 bridgehead atoms. The summed E-state index contributed by atoms with van der Waals surface area (Å²) < 4.78 is 4.50. The molecule has 0 saturated carbocycles. The number of aromatic nitrogens is 1. The largest absolute Gasteiger partial charge is 0.360 e. The monoisotopic (exact) mass is 410 g/mol. The molecule has 3 nitrogen and oxygen atoms in total. The quantitative estimate of drug-likeness (QED) is 0.652. The molecule has 0 amide bonds. The Morgan fingerprint density at radius 2 is 1.80 bits per heavy atom. The van der Waals surface area contributed by atoms with Crippen molar-refractivity contribution in [1.29, 1.82) is 0 Å². The summed E-state index contributed by atoms with van der Waals surface area (Å²) in [4.78, 5) is 3.92. The molecule has 0 unspecified atom stereocenters. The third kappa shape index (κ3) is 3.57. The van der Waals surface area contributed by atoms with Crippen molar-refractivity contribution in [3.8, 4) is 0 Å². The Kier molecular flexibility index (Phi) is 5.02. The van der Waals surface area contributed by atoms with E-state index >= 15 is 0 Å². The van der Waals surface area contributed by atoms with Crippen molar-refractivity contribution in [2.75, 3.05) is 31.1 Å². The average molecular weight is 411 g/mol. The molecule has 3 aromatic rings. The minimum Gasteiger partial charge on any atom is -0.360 e. The molecule has 0 spiro atoms. The van der Waals surface area contributed by atoms with Gasteiger partial charge in [0, 0.05) is 5.69 Å². The zero-order chi connectivity index (χ0) is 17.4. The van der Waals surface area contributed by atoms with Gasteiger partial charge in [0.2, 0.25) is 0 Å². The fraction of sp³-hybridized carbons (Fsp3) is 0.278. The summed E-state index contributed by atoms with van der Waals surface area (Å²) in [6.07, 6.45) is 0. The van der Waals surface area contributed by atoms with Gasteiger partial charge in [-0.05, 0) is 42.5 Å². The minimum atomic E-state index is 0.605. The van der Waals surface area contributed by atoms with Crippen LogP contribution in [-0.4, -0.2) is 30.7 Å². The van der Waals surface area contributed by atoms with Gasteiger partial charge < -0.3 is 9.80 Å². The molecule has 2 heterocycles. The van der Waals surface area contributed by atoms with Crippen LogP contribution in [0.4, 0.5) is 5.69 Å². The molecular formula is C18H18Cl2N3S2+. The minimum absolute atomic E-state index is 0.605. The second-order valence-corrected chi connectivity index (χ2v) is 8.75. The fourth-order valence-electron chi connectivity index (χ4n) is 3.31. The predicted molar refractivity (Wildman–Crippen MR) is 110 cm³/mol. The maximum absolute atomic E-state index is 6.15. The molecule has 1 saturated heterocycles. The number of benzene rings is 2. The molecule has 7 heteroatoms. The molecule has 4 rings (SSSR count). The van der Waals surface area contributed by atoms with E-state index in [9.17, 15) is 0 Å². The van der Waals surface area contributed by atoms with Gasteiger partial charge >= 0.3 is 0 Å². The van der Waals surface area contributed by atoms with Crippen LogP contribution in [0.25, 0.3) is 10.2 Å². The number of hydrogen-bond donors (Lipinski definition) is 1. The summed E-state index contributed by atoms with van der Waals surface area (Å²) in [5, 5.41) is 1.22. The Hall–Kier alpha value is -1.11. The van der Waals surface area contributed by atoms with Crippen molar-refractivity contribution < 1.29 is 4.90 Å². The zero-order valence-electron chi connectivity index (χ0n) is 13.5. The molecule has 0 aliphatic carbocycles. The lowest BCUT2D eigenvalue weighted by Crippen LogP contribution is -3.14. The van der Waals surface area contributed by atoms with Gasteiger partial charge in [0.1, 0.15) is 0 Å². The lowest BCUT2D eigenvalue weighted by Gasteiger charge is -2.34. The Balaban J connectivity index is 1.46. The van der Waals surface area contributed by atoms with Crippen molar-refractivity contribution in [2.24, 2.45) is 0 Å². The molecule has 130 valence electrons. The second-order valence-electron chi connectivity index (χ2n) is 6.26. The van der Waals surface area contributed by atoms with Crippen molar-refractivity contribution in [1.82, 2.24) is 4.57 Å². The van der Waals surface area contributed by atoms with Crippen LogP contribution in [0.3, 0.4) is 0 Å². The van der Waals surface area contributed by atoms with Crippen molar-refractivity contribution in [3.05, 3.63) is 56.5 Å². The number of piperazine rings is 1. The number of hydrogen-bond acceptors (Lipinski definition) is 3. The number of rotatable bonds is 3. The van der Waals surface area contributed by atoms with Gasteiger partial charge in [-0.1, -0.05) is 35.3 Å². The first-order valence-corrected chi connectivity index (χ1v) is 10.2. The van der Waals surface area contributed by atoms with Crippen LogP contribution in [0, 0.1) is 3.95 Å². The first kappa shape index (κ1) is 17.3. The van der Waals surface area contributed by atoms with Crippen LogP contribution in [0.5, 0.6) is 0 Å². The van der Waals surface area contributed by atoms with Crippen LogP contribution in [-0.2, 0) is 6.67 Å². The number of nitrogens with one attached hydrogen (secondary N) is 1. The Labute approximate surface area is 166 Å². The number of fused-ring (bicyclic) bond motifs is 1. The zero-order valence-corrected chi connectivity index (χ0v) is 16.7. The lowest BCUT2D eigenvalue weighted by atomic mass is 10.2. The summed E-state index contributed by atoms with van der Waals surface area (Å²) >= 11 is 19.4. The normalized spacial score (nSPS) is 15.8. The molecule has 2 aromatic carbocycles. The van der Waals surface area contributed by atoms with E-state index in [4.69, 9.17) is 35.4 Å². The van der Waals surface area contributed by atoms with Crippen molar-refractivity contribution in [2.45, 2.75) is 6.67 Å². The van der Waals surface area contributed by atoms with E-state index in [2.05, 4.69) is 33.7 Å². The highest BCUT2D eigenvalue weighted by atomic mass is 35.5. The Morgan fingerprint density at radius 3 is 2.56 bits per heavy atom. The number of quaternary nitrogens is 1. The maximum atomic E-state index is 6.15. The average Bonchev–Trinajstić information content (AvgIpc) is 2.94. The summed E-state index contributed by atoms with van der Waals surface area (Å²) in [6.45, 7) is 5.09. The first-order valence-electron chi connectivity index (χ1n) is 8.24. The van der Waals surface area contributed by atoms with Crippen LogP contribution in [0.2, 0.25) is 10.0 Å². The number of para-hydroxylation sites is 1. The third-order valence-corrected chi connectivity index (χ3v) is 6.86. The lowest BCUT2D eigenvalue weighted by molar-refractivity contribution is -0.923. The van der Waals surface area contributed by atoms with E-state index in [1.54, 1.807) is 16.2 Å². The highest BCUT2D eigenvalue weighted by Crippen LogP contribution is 2.27. The van der Waals surface area contributed by atoms with Crippen LogP contribution in [0.1, 0.15) is 0 Å². The van der Waals surface area contributed by atoms with Crippen LogP contribution < -0.4 is 9.80 Å². The molecule has 0 atom stereocenters. The van der Waals surface area contributed by atoms with Gasteiger partial charge in [0.05, 0.1) is 46.4 Å². The first-order chi connectivity index (χ1) is 12.1. The number of halogens is 2. The molecule has 1 aliphatic heterocycles. The second kappa shape index (κ2) is 7.25. The van der Waals surface area contributed by atoms with E-state index in [0.717, 1.165) is 42.5 Å². The van der Waals surface area contributed by atoms with Gasteiger partial charge in [-0.15, -0.1) is 11.3 Å². The molecule has 1 aliphatic rings. The number of nitrogens with zero attached hydrogens (tertiary/aromatic N) is 2. The topological polar surface area (TPSA) is 12.6 Å². The van der Waals surface area contributed by atoms with E-state index in [1.165, 1.54) is 10.2 Å². The van der Waals surface area contributed by atoms with Gasteiger partial charge in [0.15, 0.2) is 10.6 Å². The molecule has 25 heavy (non-hydrogen) atoms. The third-order valence-electron chi connectivity index (χ3n) is 4.69. The van der Waals surface area contributed by atoms with Crippen molar-refractivity contribution >= 4 is 62.7 Å². The van der Waals surface area contributed by atoms with Gasteiger partial charge in [-0.25, -0.2) is 0 Å².